The van der Waals surface area contributed by atoms with Crippen LogP contribution in [0.1, 0.15) is 160 Å². The van der Waals surface area contributed by atoms with E-state index in [2.05, 4.69) is 32.7 Å². The Balaban J connectivity index is 0.000000358. The fourth-order valence-electron chi connectivity index (χ4n) is 9.27. The number of hydrogen-bond donors (Lipinski definition) is 0. The predicted molar refractivity (Wildman–Crippen MR) is 225 cm³/mol. The lowest BCUT2D eigenvalue weighted by molar-refractivity contribution is -0.162. The molecule has 0 bridgehead atoms. The van der Waals surface area contributed by atoms with E-state index in [4.69, 9.17) is 9.47 Å². The normalized spacial score (nSPS) is 29.5. The number of Topliss-reactive ketones (excluding diaryl/α,β-unsaturated/α-hetero) is 3. The lowest BCUT2D eigenvalue weighted by Gasteiger charge is -2.39. The number of aliphatic imine (C=N–C) groups is 1. The lowest BCUT2D eigenvalue weighted by atomic mass is 9.81. The van der Waals surface area contributed by atoms with Gasteiger partial charge in [-0.05, 0) is 93.8 Å². The van der Waals surface area contributed by atoms with Crippen molar-refractivity contribution in [2.45, 2.75) is 183 Å². The molecule has 59 heavy (non-hydrogen) atoms. The number of rotatable bonds is 9. The fourth-order valence-corrected chi connectivity index (χ4v) is 9.27. The Morgan fingerprint density at radius 2 is 1.58 bits per heavy atom. The molecule has 7 atom stereocenters. The molecule has 12 nitrogen and oxygen atoms in total. The number of piperidine rings is 2. The Kier molecular flexibility index (Phi) is 16.1. The van der Waals surface area contributed by atoms with Gasteiger partial charge in [-0.25, -0.2) is 9.79 Å². The van der Waals surface area contributed by atoms with Crippen LogP contribution < -0.4 is 0 Å². The molecule has 2 saturated carbocycles. The Hall–Kier alpha value is -3.24. The molecule has 0 aromatic rings. The van der Waals surface area contributed by atoms with E-state index in [0.717, 1.165) is 57.9 Å². The average molecular weight is 826 g/mol. The third-order valence-electron chi connectivity index (χ3n) is 13.5. The van der Waals surface area contributed by atoms with E-state index in [9.17, 15) is 33.6 Å². The van der Waals surface area contributed by atoms with Crippen LogP contribution in [0, 0.1) is 45.8 Å². The van der Waals surface area contributed by atoms with Crippen molar-refractivity contribution in [2.24, 2.45) is 50.8 Å². The second-order valence-corrected chi connectivity index (χ2v) is 21.8. The average Bonchev–Trinajstić information content (AvgIpc) is 3.97. The van der Waals surface area contributed by atoms with E-state index in [1.54, 1.807) is 31.8 Å². The minimum atomic E-state index is -0.772. The number of ether oxygens (including phenoxy) is 2. The van der Waals surface area contributed by atoms with Gasteiger partial charge in [0.2, 0.25) is 23.7 Å². The lowest BCUT2D eigenvalue weighted by Crippen LogP contribution is -2.51. The van der Waals surface area contributed by atoms with Crippen LogP contribution in [0.5, 0.6) is 0 Å². The molecule has 3 saturated heterocycles. The predicted octanol–water partition coefficient (Wildman–Crippen LogP) is 7.48. The van der Waals surface area contributed by atoms with Crippen LogP contribution in [0.15, 0.2) is 4.99 Å². The molecule has 0 aromatic heterocycles. The van der Waals surface area contributed by atoms with E-state index in [1.165, 1.54) is 0 Å². The first-order chi connectivity index (χ1) is 27.4. The summed E-state index contributed by atoms with van der Waals surface area (Å²) in [4.78, 5) is 97.1. The van der Waals surface area contributed by atoms with E-state index in [1.807, 2.05) is 32.6 Å². The van der Waals surface area contributed by atoms with Crippen LogP contribution in [0.3, 0.4) is 0 Å². The topological polar surface area (TPSA) is 157 Å². The van der Waals surface area contributed by atoms with Gasteiger partial charge >= 0.3 is 5.97 Å². The number of esters is 1. The molecule has 0 N–H and O–H groups in total. The van der Waals surface area contributed by atoms with Crippen LogP contribution in [-0.2, 0) is 43.0 Å². The quantitative estimate of drug-likeness (QED) is 0.0996. The summed E-state index contributed by atoms with van der Waals surface area (Å²) in [5.41, 5.74) is -0.801. The van der Waals surface area contributed by atoms with Gasteiger partial charge in [-0.3, -0.25) is 28.8 Å². The Labute approximate surface area is 353 Å². The molecule has 0 unspecified atom stereocenters. The number of carbonyl (C=O) groups is 6. The van der Waals surface area contributed by atoms with Crippen LogP contribution in [0.4, 0.5) is 0 Å². The number of carbonyl (C=O) groups excluding carboxylic acids is 7. The second kappa shape index (κ2) is 19.6. The number of ketones is 3. The van der Waals surface area contributed by atoms with Crippen molar-refractivity contribution < 1.29 is 43.0 Å². The molecule has 2 amide bonds. The largest absolute Gasteiger partial charge is 0.460 e. The molecule has 5 aliphatic rings. The molecule has 2 aliphatic carbocycles. The van der Waals surface area contributed by atoms with Gasteiger partial charge in [0, 0.05) is 51.4 Å². The molecule has 3 heterocycles. The summed E-state index contributed by atoms with van der Waals surface area (Å²) in [5.74, 6) is -2.32. The first kappa shape index (κ1) is 48.4. The summed E-state index contributed by atoms with van der Waals surface area (Å²) in [6, 6.07) is -0.835. The van der Waals surface area contributed by atoms with Crippen LogP contribution in [-0.4, -0.2) is 101 Å². The number of amides is 2. The maximum Gasteiger partial charge on any atom is 0.307 e. The first-order valence-electron chi connectivity index (χ1n) is 22.4. The fraction of sp³-hybridized carbons (Fsp3) is 0.851. The standard InChI is InChI=1S/C33H51NO7.C14H24N2O2/c1-20-23(18-27(37)41-32(2,3)4)31(39)34-19-24-28(33(24,5)6)29(34)25(35)17-22(12-10-8-7-9-11-15-40-20)30(38)26(36)16-21-13-14-21;1-13(2,3)11(15-10-17)9-16-7-6-14(4,5)8-12(16)18/h20-24,28-29H,7-19H2,1-6H3;11H,6-9H2,1-5H3/t20-,22+,23-,24-,28-,29+;11-/m01/s1. The zero-order valence-electron chi connectivity index (χ0n) is 38.2. The Bertz CT molecular complexity index is 1600. The molecule has 332 valence electrons. The van der Waals surface area contributed by atoms with Gasteiger partial charge in [0.15, 0.2) is 11.6 Å². The summed E-state index contributed by atoms with van der Waals surface area (Å²) in [7, 11) is 0. The van der Waals surface area contributed by atoms with Crippen molar-refractivity contribution >= 4 is 41.2 Å². The zero-order valence-corrected chi connectivity index (χ0v) is 38.2. The maximum atomic E-state index is 14.2. The molecule has 12 heteroatoms. The molecular weight excluding hydrogens is 751 g/mol. The Morgan fingerprint density at radius 1 is 0.932 bits per heavy atom. The third kappa shape index (κ3) is 13.6. The van der Waals surface area contributed by atoms with Crippen LogP contribution in [0.25, 0.3) is 0 Å². The van der Waals surface area contributed by atoms with Crippen molar-refractivity contribution in [3.63, 3.8) is 0 Å². The number of fused-ring (bicyclic) bond motifs is 3. The number of hydrogen-bond acceptors (Lipinski definition) is 10. The monoisotopic (exact) mass is 826 g/mol. The van der Waals surface area contributed by atoms with Gasteiger partial charge in [0.05, 0.1) is 30.5 Å². The van der Waals surface area contributed by atoms with Crippen molar-refractivity contribution in [1.29, 1.82) is 0 Å². The van der Waals surface area contributed by atoms with Crippen LogP contribution in [0.2, 0.25) is 0 Å². The van der Waals surface area contributed by atoms with Crippen molar-refractivity contribution in [3.05, 3.63) is 0 Å². The third-order valence-corrected chi connectivity index (χ3v) is 13.5. The first-order valence-corrected chi connectivity index (χ1v) is 22.4. The highest BCUT2D eigenvalue weighted by Crippen LogP contribution is 2.65. The summed E-state index contributed by atoms with van der Waals surface area (Å²) < 4.78 is 11.7. The highest BCUT2D eigenvalue weighted by atomic mass is 16.6. The molecule has 0 radical (unpaired) electrons. The van der Waals surface area contributed by atoms with E-state index < -0.39 is 41.3 Å². The van der Waals surface area contributed by atoms with Gasteiger partial charge in [0.1, 0.15) is 5.60 Å². The van der Waals surface area contributed by atoms with E-state index in [-0.39, 0.29) is 70.3 Å². The molecular formula is C47H75N3O9. The maximum absolute atomic E-state index is 14.2. The van der Waals surface area contributed by atoms with Gasteiger partial charge in [0.25, 0.3) is 0 Å². The summed E-state index contributed by atoms with van der Waals surface area (Å²) >= 11 is 0. The highest BCUT2D eigenvalue weighted by Gasteiger charge is 2.69. The number of isocyanates is 1. The molecule has 5 fully saturated rings. The summed E-state index contributed by atoms with van der Waals surface area (Å²) in [6.07, 6.45) is 9.84. The summed E-state index contributed by atoms with van der Waals surface area (Å²) in [6.45, 7) is 24.0. The van der Waals surface area contributed by atoms with Crippen molar-refractivity contribution in [1.82, 2.24) is 9.80 Å². The van der Waals surface area contributed by atoms with Gasteiger partial charge in [-0.2, -0.15) is 0 Å². The zero-order chi connectivity index (χ0) is 44.1. The van der Waals surface area contributed by atoms with Crippen molar-refractivity contribution in [2.75, 3.05) is 26.2 Å². The van der Waals surface area contributed by atoms with Crippen molar-refractivity contribution in [3.8, 4) is 0 Å². The minimum absolute atomic E-state index is 0.00816. The van der Waals surface area contributed by atoms with Gasteiger partial charge < -0.3 is 19.3 Å². The van der Waals surface area contributed by atoms with E-state index in [0.29, 0.717) is 44.9 Å². The van der Waals surface area contributed by atoms with Gasteiger partial charge in [-0.1, -0.05) is 74.1 Å². The SMILES string of the molecule is CC1(C)CCN(C[C@@H](N=C=O)C(C)(C)C)C(=O)C1.C[C@@H]1OCCCCCCC[C@@H](C(=O)C(=O)CC2CC2)CC(=O)[C@@H]2[C@@H]3[C@H](CN2C(=O)[C@H]1CC(=O)OC(C)(C)C)C3(C)C. The molecule has 5 rings (SSSR count). The molecule has 3 aliphatic heterocycles. The summed E-state index contributed by atoms with van der Waals surface area (Å²) in [5, 5.41) is 0. The Morgan fingerprint density at radius 3 is 2.17 bits per heavy atom. The number of likely N-dealkylation sites (tertiary alicyclic amines) is 1. The van der Waals surface area contributed by atoms with Crippen LogP contribution >= 0.6 is 0 Å². The minimum Gasteiger partial charge on any atom is -0.460 e. The second-order valence-electron chi connectivity index (χ2n) is 21.8. The molecule has 0 spiro atoms. The molecule has 0 aromatic carbocycles. The van der Waals surface area contributed by atoms with E-state index >= 15 is 0 Å². The van der Waals surface area contributed by atoms with Gasteiger partial charge in [-0.15, -0.1) is 0 Å². The smallest absolute Gasteiger partial charge is 0.307 e. The number of nitrogens with zero attached hydrogens (tertiary/aromatic N) is 3. The highest BCUT2D eigenvalue weighted by molar-refractivity contribution is 6.38.